The number of hydrogen-bond acceptors (Lipinski definition) is 2. The van der Waals surface area contributed by atoms with Gasteiger partial charge in [0.15, 0.2) is 0 Å². The van der Waals surface area contributed by atoms with Crippen LogP contribution in [0.5, 0.6) is 0 Å². The Balaban J connectivity index is 0.00000121. The standard InChI is InChI=1S/C8H8NO2.Y/c1-2-7-5-3-4-6-8(7)9(10)11;/h3-6H,1-2H2;/q-1;. The van der Waals surface area contributed by atoms with E-state index in [1.165, 1.54) is 6.07 Å². The summed E-state index contributed by atoms with van der Waals surface area (Å²) < 4.78 is 0. The van der Waals surface area contributed by atoms with Crippen LogP contribution >= 0.6 is 0 Å². The molecule has 0 amide bonds. The average Bonchev–Trinajstić information content (AvgIpc) is 2.04. The maximum Gasteiger partial charge on any atom is 0.269 e. The monoisotopic (exact) mass is 239 g/mol. The fourth-order valence-corrected chi connectivity index (χ4v) is 0.900. The maximum absolute atomic E-state index is 10.4. The Bertz CT molecular complexity index is 276. The van der Waals surface area contributed by atoms with Crippen molar-refractivity contribution in [1.29, 1.82) is 0 Å². The van der Waals surface area contributed by atoms with Gasteiger partial charge in [-0.3, -0.25) is 10.1 Å². The predicted molar refractivity (Wildman–Crippen MR) is 42.2 cm³/mol. The van der Waals surface area contributed by atoms with Crippen LogP contribution in [0.25, 0.3) is 0 Å². The van der Waals surface area contributed by atoms with Gasteiger partial charge in [-0.2, -0.15) is 0 Å². The molecule has 0 aliphatic heterocycles. The Morgan fingerprint density at radius 2 is 2.00 bits per heavy atom. The van der Waals surface area contributed by atoms with Crippen molar-refractivity contribution >= 4 is 5.69 Å². The first-order chi connectivity index (χ1) is 5.25. The molecule has 61 valence electrons. The second-order valence-electron chi connectivity index (χ2n) is 2.14. The molecule has 0 atom stereocenters. The summed E-state index contributed by atoms with van der Waals surface area (Å²) >= 11 is 0. The van der Waals surface area contributed by atoms with Crippen molar-refractivity contribution in [2.75, 3.05) is 0 Å². The Labute approximate surface area is 96.2 Å². The number of nitro benzene ring substituents is 1. The molecule has 0 heterocycles. The quantitative estimate of drug-likeness (QED) is 0.449. The first kappa shape index (κ1) is 11.7. The molecule has 0 aliphatic carbocycles. The summed E-state index contributed by atoms with van der Waals surface area (Å²) in [7, 11) is 0. The van der Waals surface area contributed by atoms with Crippen LogP contribution in [0.1, 0.15) is 5.56 Å². The van der Waals surface area contributed by atoms with Gasteiger partial charge in [0.2, 0.25) is 0 Å². The van der Waals surface area contributed by atoms with Crippen molar-refractivity contribution in [2.24, 2.45) is 0 Å². The van der Waals surface area contributed by atoms with Gasteiger partial charge in [0.1, 0.15) is 0 Å². The third-order valence-corrected chi connectivity index (χ3v) is 1.46. The second-order valence-corrected chi connectivity index (χ2v) is 2.14. The van der Waals surface area contributed by atoms with Crippen LogP contribution in [-0.4, -0.2) is 4.92 Å². The second kappa shape index (κ2) is 5.38. The SMILES string of the molecule is [CH2-]Cc1ccccc1[N+](=O)[O-].[Y]. The van der Waals surface area contributed by atoms with Crippen LogP contribution < -0.4 is 0 Å². The van der Waals surface area contributed by atoms with Crippen molar-refractivity contribution < 1.29 is 37.6 Å². The number of rotatable bonds is 2. The zero-order valence-electron chi connectivity index (χ0n) is 6.56. The Kier molecular flexibility index (Phi) is 5.26. The van der Waals surface area contributed by atoms with Crippen LogP contribution in [0, 0.1) is 17.0 Å². The van der Waals surface area contributed by atoms with E-state index in [4.69, 9.17) is 0 Å². The number of benzene rings is 1. The number of para-hydroxylation sites is 1. The van der Waals surface area contributed by atoms with E-state index >= 15 is 0 Å². The fourth-order valence-electron chi connectivity index (χ4n) is 0.900. The van der Waals surface area contributed by atoms with Crippen LogP contribution in [0.4, 0.5) is 5.69 Å². The molecule has 0 saturated carbocycles. The summed E-state index contributed by atoms with van der Waals surface area (Å²) in [4.78, 5) is 9.97. The summed E-state index contributed by atoms with van der Waals surface area (Å²) in [5, 5.41) is 10.4. The minimum atomic E-state index is -0.388. The van der Waals surface area contributed by atoms with Crippen LogP contribution in [0.15, 0.2) is 24.3 Å². The van der Waals surface area contributed by atoms with Gasteiger partial charge in [-0.1, -0.05) is 18.2 Å². The van der Waals surface area contributed by atoms with E-state index in [0.717, 1.165) is 0 Å². The number of nitro groups is 1. The van der Waals surface area contributed by atoms with Crippen molar-refractivity contribution in [3.8, 4) is 0 Å². The normalized spacial score (nSPS) is 8.75. The fraction of sp³-hybridized carbons (Fsp3) is 0.125. The molecule has 0 unspecified atom stereocenters. The molecule has 1 radical (unpaired) electrons. The molecule has 3 nitrogen and oxygen atoms in total. The third kappa shape index (κ3) is 2.65. The molecule has 1 aromatic rings. The molecule has 0 saturated heterocycles. The van der Waals surface area contributed by atoms with Gasteiger partial charge in [-0.15, -0.1) is 6.42 Å². The van der Waals surface area contributed by atoms with E-state index < -0.39 is 0 Å². The maximum atomic E-state index is 10.4. The van der Waals surface area contributed by atoms with E-state index in [1.54, 1.807) is 18.2 Å². The minimum absolute atomic E-state index is 0. The van der Waals surface area contributed by atoms with E-state index in [1.807, 2.05) is 0 Å². The predicted octanol–water partition coefficient (Wildman–Crippen LogP) is 1.97. The Morgan fingerprint density at radius 3 is 2.42 bits per heavy atom. The molecule has 0 aromatic heterocycles. The molecular weight excluding hydrogens is 231 g/mol. The van der Waals surface area contributed by atoms with Gasteiger partial charge >= 0.3 is 0 Å². The van der Waals surface area contributed by atoms with Gasteiger partial charge in [-0.05, 0) is 0 Å². The zero-order valence-corrected chi connectivity index (χ0v) is 9.40. The van der Waals surface area contributed by atoms with Gasteiger partial charge < -0.3 is 6.92 Å². The van der Waals surface area contributed by atoms with Crippen LogP contribution in [0.3, 0.4) is 0 Å². The topological polar surface area (TPSA) is 43.1 Å². The Morgan fingerprint density at radius 1 is 1.42 bits per heavy atom. The molecule has 0 spiro atoms. The number of hydrogen-bond donors (Lipinski definition) is 0. The molecule has 1 aromatic carbocycles. The zero-order chi connectivity index (χ0) is 8.27. The smallest absolute Gasteiger partial charge is 0.269 e. The third-order valence-electron chi connectivity index (χ3n) is 1.46. The van der Waals surface area contributed by atoms with Crippen molar-refractivity contribution in [1.82, 2.24) is 0 Å². The molecule has 0 fully saturated rings. The summed E-state index contributed by atoms with van der Waals surface area (Å²) in [5.41, 5.74) is 0.833. The first-order valence-electron chi connectivity index (χ1n) is 3.27. The first-order valence-corrected chi connectivity index (χ1v) is 3.27. The largest absolute Gasteiger partial charge is 0.339 e. The van der Waals surface area contributed by atoms with E-state index in [9.17, 15) is 10.1 Å². The summed E-state index contributed by atoms with van der Waals surface area (Å²) in [5.74, 6) is 0. The Hall–Kier alpha value is -0.276. The molecule has 12 heavy (non-hydrogen) atoms. The molecule has 4 heteroatoms. The molecular formula is C8H8NO2Y-. The number of nitrogens with zero attached hydrogens (tertiary/aromatic N) is 1. The summed E-state index contributed by atoms with van der Waals surface area (Å²) in [6.07, 6.45) is 0.456. The average molecular weight is 239 g/mol. The molecule has 0 bridgehead atoms. The van der Waals surface area contributed by atoms with E-state index in [-0.39, 0.29) is 43.3 Å². The van der Waals surface area contributed by atoms with Gasteiger partial charge in [0, 0.05) is 44.3 Å². The van der Waals surface area contributed by atoms with Crippen molar-refractivity contribution in [3.05, 3.63) is 46.9 Å². The van der Waals surface area contributed by atoms with Crippen LogP contribution in [-0.2, 0) is 39.1 Å². The summed E-state index contributed by atoms with van der Waals surface area (Å²) in [6, 6.07) is 6.62. The van der Waals surface area contributed by atoms with Gasteiger partial charge in [0.25, 0.3) is 5.69 Å². The summed E-state index contributed by atoms with van der Waals surface area (Å²) in [6.45, 7) is 3.59. The van der Waals surface area contributed by atoms with Crippen molar-refractivity contribution in [2.45, 2.75) is 6.42 Å². The van der Waals surface area contributed by atoms with Gasteiger partial charge in [0.05, 0.1) is 4.92 Å². The van der Waals surface area contributed by atoms with E-state index in [0.29, 0.717) is 12.0 Å². The van der Waals surface area contributed by atoms with E-state index in [2.05, 4.69) is 6.92 Å². The molecule has 0 aliphatic rings. The molecule has 0 N–H and O–H groups in total. The minimum Gasteiger partial charge on any atom is -0.339 e. The van der Waals surface area contributed by atoms with Crippen molar-refractivity contribution in [3.63, 3.8) is 0 Å². The van der Waals surface area contributed by atoms with Crippen LogP contribution in [0.2, 0.25) is 0 Å². The van der Waals surface area contributed by atoms with Gasteiger partial charge in [-0.25, -0.2) is 0 Å². The molecule has 1 rings (SSSR count).